The lowest BCUT2D eigenvalue weighted by Crippen LogP contribution is -2.37. The summed E-state index contributed by atoms with van der Waals surface area (Å²) in [5.74, 6) is 0.500. The summed E-state index contributed by atoms with van der Waals surface area (Å²) in [7, 11) is 1.56. The molecule has 1 amide bonds. The first kappa shape index (κ1) is 19.7. The molecule has 0 aliphatic carbocycles. The largest absolute Gasteiger partial charge is 0.497 e. The van der Waals surface area contributed by atoms with Crippen molar-refractivity contribution in [3.8, 4) is 5.75 Å². The lowest BCUT2D eigenvalue weighted by molar-refractivity contribution is 0.0710. The van der Waals surface area contributed by atoms with Gasteiger partial charge < -0.3 is 19.0 Å². The maximum absolute atomic E-state index is 13.4. The Morgan fingerprint density at radius 1 is 1.21 bits per heavy atom. The molecule has 3 aromatic rings. The number of ether oxygens (including phenoxy) is 1. The van der Waals surface area contributed by atoms with E-state index in [0.29, 0.717) is 28.8 Å². The van der Waals surface area contributed by atoms with Gasteiger partial charge in [-0.1, -0.05) is 19.9 Å². The second-order valence-electron chi connectivity index (χ2n) is 6.98. The van der Waals surface area contributed by atoms with Gasteiger partial charge in [-0.2, -0.15) is 0 Å². The van der Waals surface area contributed by atoms with Gasteiger partial charge in [-0.15, -0.1) is 11.3 Å². The molecule has 0 radical (unpaired) electrons. The van der Waals surface area contributed by atoms with E-state index >= 15 is 0 Å². The molecule has 4 rings (SSSR count). The number of nitrogens with zero attached hydrogens (tertiary/aromatic N) is 2. The molecule has 1 atom stereocenters. The minimum Gasteiger partial charge on any atom is -0.497 e. The standard InChI is InChI=1S/C22H24N2O4S/c1-4-23(5-2)10-11-24-19(17-7-6-12-29-17)18-20(25)15-9-8-14(27-3)13-16(15)28-21(18)22(24)26/h6-9,12-13,19H,4-5,10-11H2,1-3H3. The molecule has 0 fully saturated rings. The van der Waals surface area contributed by atoms with Gasteiger partial charge in [0.25, 0.3) is 5.91 Å². The summed E-state index contributed by atoms with van der Waals surface area (Å²) in [6.45, 7) is 7.31. The van der Waals surface area contributed by atoms with Crippen molar-refractivity contribution < 1.29 is 13.9 Å². The van der Waals surface area contributed by atoms with Crippen molar-refractivity contribution >= 4 is 28.2 Å². The molecule has 1 aliphatic rings. The number of carbonyl (C=O) groups excluding carboxylic acids is 1. The van der Waals surface area contributed by atoms with Gasteiger partial charge in [0.2, 0.25) is 5.76 Å². The van der Waals surface area contributed by atoms with Gasteiger partial charge in [-0.05, 0) is 36.7 Å². The Labute approximate surface area is 173 Å². The third-order valence-corrected chi connectivity index (χ3v) is 6.46. The summed E-state index contributed by atoms with van der Waals surface area (Å²) in [5.41, 5.74) is 0.660. The molecule has 29 heavy (non-hydrogen) atoms. The van der Waals surface area contributed by atoms with Crippen molar-refractivity contribution in [3.05, 3.63) is 62.1 Å². The highest BCUT2D eigenvalue weighted by Crippen LogP contribution is 2.39. The van der Waals surface area contributed by atoms with Crippen LogP contribution in [0.3, 0.4) is 0 Å². The topological polar surface area (TPSA) is 63.0 Å². The van der Waals surface area contributed by atoms with Crippen molar-refractivity contribution in [3.63, 3.8) is 0 Å². The highest BCUT2D eigenvalue weighted by Gasteiger charge is 2.43. The van der Waals surface area contributed by atoms with Crippen LogP contribution in [0.4, 0.5) is 0 Å². The number of carbonyl (C=O) groups is 1. The van der Waals surface area contributed by atoms with E-state index in [2.05, 4.69) is 18.7 Å². The number of rotatable bonds is 7. The van der Waals surface area contributed by atoms with E-state index in [0.717, 1.165) is 24.5 Å². The van der Waals surface area contributed by atoms with E-state index < -0.39 is 6.04 Å². The summed E-state index contributed by atoms with van der Waals surface area (Å²) in [5, 5.41) is 2.43. The minimum absolute atomic E-state index is 0.147. The molecule has 0 spiro atoms. The minimum atomic E-state index is -0.407. The number of methoxy groups -OCH3 is 1. The van der Waals surface area contributed by atoms with Crippen LogP contribution in [0, 0.1) is 0 Å². The molecule has 1 aliphatic heterocycles. The molecule has 152 valence electrons. The molecule has 6 nitrogen and oxygen atoms in total. The molecule has 0 bridgehead atoms. The Kier molecular flexibility index (Phi) is 5.43. The van der Waals surface area contributed by atoms with E-state index in [9.17, 15) is 9.59 Å². The van der Waals surface area contributed by atoms with E-state index in [-0.39, 0.29) is 17.1 Å². The number of amides is 1. The van der Waals surface area contributed by atoms with Crippen molar-refractivity contribution in [2.45, 2.75) is 19.9 Å². The summed E-state index contributed by atoms with van der Waals surface area (Å²) >= 11 is 1.55. The number of thiophene rings is 1. The van der Waals surface area contributed by atoms with E-state index in [1.807, 2.05) is 17.5 Å². The predicted octanol–water partition coefficient (Wildman–Crippen LogP) is 3.75. The summed E-state index contributed by atoms with van der Waals surface area (Å²) in [6, 6.07) is 8.60. The van der Waals surface area contributed by atoms with E-state index in [4.69, 9.17) is 9.15 Å². The number of hydrogen-bond acceptors (Lipinski definition) is 6. The Balaban J connectivity index is 1.84. The van der Waals surface area contributed by atoms with Crippen molar-refractivity contribution in [1.82, 2.24) is 9.80 Å². The lowest BCUT2D eigenvalue weighted by atomic mass is 10.0. The number of benzene rings is 1. The first-order chi connectivity index (χ1) is 14.1. The van der Waals surface area contributed by atoms with Crippen LogP contribution in [0.5, 0.6) is 5.75 Å². The molecule has 1 aromatic carbocycles. The van der Waals surface area contributed by atoms with Crippen LogP contribution in [0.2, 0.25) is 0 Å². The molecule has 2 aromatic heterocycles. The third kappa shape index (κ3) is 3.34. The van der Waals surface area contributed by atoms with Crippen LogP contribution in [-0.2, 0) is 0 Å². The zero-order chi connectivity index (χ0) is 20.5. The summed E-state index contributed by atoms with van der Waals surface area (Å²) < 4.78 is 11.2. The van der Waals surface area contributed by atoms with Crippen LogP contribution in [-0.4, -0.2) is 49.0 Å². The number of likely N-dealkylation sites (N-methyl/N-ethyl adjacent to an activating group) is 1. The monoisotopic (exact) mass is 412 g/mol. The fourth-order valence-electron chi connectivity index (χ4n) is 3.89. The summed E-state index contributed by atoms with van der Waals surface area (Å²) in [6.07, 6.45) is 0. The molecule has 3 heterocycles. The SMILES string of the molecule is CCN(CC)CCN1C(=O)c2oc3cc(OC)ccc3c(=O)c2C1c1cccs1. The van der Waals surface area contributed by atoms with Crippen LogP contribution in [0.1, 0.15) is 40.9 Å². The maximum atomic E-state index is 13.4. The predicted molar refractivity (Wildman–Crippen MR) is 114 cm³/mol. The van der Waals surface area contributed by atoms with E-state index in [1.165, 1.54) is 0 Å². The van der Waals surface area contributed by atoms with Gasteiger partial charge in [-0.25, -0.2) is 0 Å². The Bertz CT molecular complexity index is 1090. The van der Waals surface area contributed by atoms with Gasteiger partial charge in [-0.3, -0.25) is 9.59 Å². The second-order valence-corrected chi connectivity index (χ2v) is 7.96. The number of fused-ring (bicyclic) bond motifs is 2. The number of hydrogen-bond donors (Lipinski definition) is 0. The molecule has 7 heteroatoms. The van der Waals surface area contributed by atoms with E-state index in [1.54, 1.807) is 41.5 Å². The van der Waals surface area contributed by atoms with Gasteiger partial charge in [0, 0.05) is 24.0 Å². The van der Waals surface area contributed by atoms with Crippen molar-refractivity contribution in [1.29, 1.82) is 0 Å². The fraction of sp³-hybridized carbons (Fsp3) is 0.364. The average molecular weight is 413 g/mol. The molecule has 1 unspecified atom stereocenters. The Hall–Kier alpha value is -2.64. The van der Waals surface area contributed by atoms with Crippen LogP contribution in [0.15, 0.2) is 44.9 Å². The van der Waals surface area contributed by atoms with Crippen LogP contribution in [0.25, 0.3) is 11.0 Å². The highest BCUT2D eigenvalue weighted by molar-refractivity contribution is 7.10. The first-order valence-electron chi connectivity index (χ1n) is 9.80. The normalized spacial score (nSPS) is 16.1. The summed E-state index contributed by atoms with van der Waals surface area (Å²) in [4.78, 5) is 31.7. The van der Waals surface area contributed by atoms with Gasteiger partial charge >= 0.3 is 0 Å². The quantitative estimate of drug-likeness (QED) is 0.591. The van der Waals surface area contributed by atoms with Crippen LogP contribution < -0.4 is 10.2 Å². The second kappa shape index (κ2) is 8.00. The zero-order valence-electron chi connectivity index (χ0n) is 16.8. The molecule has 0 saturated carbocycles. The third-order valence-electron chi connectivity index (χ3n) is 5.54. The molecular formula is C22H24N2O4S. The van der Waals surface area contributed by atoms with Crippen molar-refractivity contribution in [2.24, 2.45) is 0 Å². The van der Waals surface area contributed by atoms with Gasteiger partial charge in [0.1, 0.15) is 11.3 Å². The average Bonchev–Trinajstić information content (AvgIpc) is 3.36. The Morgan fingerprint density at radius 2 is 2.00 bits per heavy atom. The molecule has 0 N–H and O–H groups in total. The Morgan fingerprint density at radius 3 is 2.66 bits per heavy atom. The lowest BCUT2D eigenvalue weighted by Gasteiger charge is -2.27. The van der Waals surface area contributed by atoms with Gasteiger partial charge in [0.15, 0.2) is 5.43 Å². The highest BCUT2D eigenvalue weighted by atomic mass is 32.1. The fourth-order valence-corrected chi connectivity index (χ4v) is 4.73. The first-order valence-corrected chi connectivity index (χ1v) is 10.7. The maximum Gasteiger partial charge on any atom is 0.290 e. The van der Waals surface area contributed by atoms with Crippen molar-refractivity contribution in [2.75, 3.05) is 33.3 Å². The smallest absolute Gasteiger partial charge is 0.290 e. The molecule has 0 saturated heterocycles. The van der Waals surface area contributed by atoms with Crippen LogP contribution >= 0.6 is 11.3 Å². The van der Waals surface area contributed by atoms with Gasteiger partial charge in [0.05, 0.1) is 24.1 Å². The zero-order valence-corrected chi connectivity index (χ0v) is 17.6. The molecular weight excluding hydrogens is 388 g/mol.